The van der Waals surface area contributed by atoms with Crippen molar-refractivity contribution < 1.29 is 9.84 Å². The van der Waals surface area contributed by atoms with E-state index in [0.29, 0.717) is 18.2 Å². The molecule has 1 aromatic carbocycles. The van der Waals surface area contributed by atoms with Gasteiger partial charge in [0.05, 0.1) is 0 Å². The number of hydrazone groups is 1. The molecule has 1 unspecified atom stereocenters. The molecule has 0 radical (unpaired) electrons. The standard InChI is InChI=1S/C18H25N5O2/c1-14(2)20-21-17-8-9-18(23-22-17)25-13-16(24)12-19-11-10-15-6-4-3-5-7-15/h3-9,16,19,24H,10-13H2,1-2H3,(H,21,22). The highest BCUT2D eigenvalue weighted by molar-refractivity contribution is 5.79. The number of nitrogens with one attached hydrogen (secondary N) is 2. The molecule has 3 N–H and O–H groups in total. The molecule has 25 heavy (non-hydrogen) atoms. The molecule has 0 saturated heterocycles. The fourth-order valence-corrected chi connectivity index (χ4v) is 2.01. The fraction of sp³-hybridized carbons (Fsp3) is 0.389. The van der Waals surface area contributed by atoms with E-state index >= 15 is 0 Å². The Labute approximate surface area is 148 Å². The highest BCUT2D eigenvalue weighted by atomic mass is 16.5. The number of aliphatic hydroxyl groups excluding tert-OH is 1. The molecule has 0 amide bonds. The topological polar surface area (TPSA) is 91.7 Å². The third kappa shape index (κ3) is 7.73. The molecule has 2 rings (SSSR count). The van der Waals surface area contributed by atoms with Crippen LogP contribution in [0.1, 0.15) is 19.4 Å². The number of hydrogen-bond donors (Lipinski definition) is 3. The molecular weight excluding hydrogens is 318 g/mol. The first-order valence-corrected chi connectivity index (χ1v) is 8.29. The SMILES string of the molecule is CC(C)=NNc1ccc(OCC(O)CNCCc2ccccc2)nn1. The van der Waals surface area contributed by atoms with Crippen molar-refractivity contribution in [2.45, 2.75) is 26.4 Å². The first-order chi connectivity index (χ1) is 12.1. The average Bonchev–Trinajstić information content (AvgIpc) is 2.63. The van der Waals surface area contributed by atoms with E-state index in [1.54, 1.807) is 12.1 Å². The van der Waals surface area contributed by atoms with Gasteiger partial charge in [-0.1, -0.05) is 30.3 Å². The van der Waals surface area contributed by atoms with E-state index in [-0.39, 0.29) is 6.61 Å². The van der Waals surface area contributed by atoms with Crippen LogP contribution in [0.3, 0.4) is 0 Å². The Kier molecular flexibility index (Phi) is 7.81. The molecule has 0 spiro atoms. The predicted octanol–water partition coefficient (Wildman–Crippen LogP) is 1.86. The number of hydrogen-bond acceptors (Lipinski definition) is 7. The van der Waals surface area contributed by atoms with Crippen molar-refractivity contribution in [2.24, 2.45) is 5.10 Å². The van der Waals surface area contributed by atoms with Gasteiger partial charge in [-0.2, -0.15) is 5.10 Å². The summed E-state index contributed by atoms with van der Waals surface area (Å²) in [5, 5.41) is 25.1. The summed E-state index contributed by atoms with van der Waals surface area (Å²) < 4.78 is 5.44. The zero-order valence-electron chi connectivity index (χ0n) is 14.6. The Hall–Kier alpha value is -2.51. The van der Waals surface area contributed by atoms with Crippen LogP contribution in [0.2, 0.25) is 0 Å². The van der Waals surface area contributed by atoms with Gasteiger partial charge < -0.3 is 15.2 Å². The van der Waals surface area contributed by atoms with Crippen molar-refractivity contribution >= 4 is 11.5 Å². The van der Waals surface area contributed by atoms with E-state index in [4.69, 9.17) is 4.74 Å². The lowest BCUT2D eigenvalue weighted by Crippen LogP contribution is -2.32. The largest absolute Gasteiger partial charge is 0.474 e. The van der Waals surface area contributed by atoms with Crippen molar-refractivity contribution in [1.29, 1.82) is 0 Å². The van der Waals surface area contributed by atoms with Crippen molar-refractivity contribution in [1.82, 2.24) is 15.5 Å². The zero-order valence-corrected chi connectivity index (χ0v) is 14.6. The van der Waals surface area contributed by atoms with E-state index in [9.17, 15) is 5.11 Å². The van der Waals surface area contributed by atoms with Gasteiger partial charge in [0.2, 0.25) is 5.88 Å². The van der Waals surface area contributed by atoms with Gasteiger partial charge in [-0.05, 0) is 38.4 Å². The third-order valence-electron chi connectivity index (χ3n) is 3.27. The van der Waals surface area contributed by atoms with Crippen LogP contribution in [0.15, 0.2) is 47.6 Å². The van der Waals surface area contributed by atoms with Crippen LogP contribution in [0, 0.1) is 0 Å². The molecule has 7 nitrogen and oxygen atoms in total. The van der Waals surface area contributed by atoms with E-state index in [0.717, 1.165) is 18.7 Å². The summed E-state index contributed by atoms with van der Waals surface area (Å²) in [5.41, 5.74) is 4.95. The van der Waals surface area contributed by atoms with E-state index in [2.05, 4.69) is 38.2 Å². The van der Waals surface area contributed by atoms with Crippen LogP contribution in [-0.4, -0.2) is 46.8 Å². The lowest BCUT2D eigenvalue weighted by atomic mass is 10.1. The van der Waals surface area contributed by atoms with Gasteiger partial charge in [-0.3, -0.25) is 5.43 Å². The second-order valence-corrected chi connectivity index (χ2v) is 5.83. The molecule has 1 heterocycles. The van der Waals surface area contributed by atoms with Gasteiger partial charge in [0.25, 0.3) is 0 Å². The maximum absolute atomic E-state index is 9.94. The molecule has 134 valence electrons. The number of anilines is 1. The highest BCUT2D eigenvalue weighted by Gasteiger charge is 2.06. The number of benzene rings is 1. The minimum atomic E-state index is -0.609. The number of rotatable bonds is 10. The summed E-state index contributed by atoms with van der Waals surface area (Å²) in [6.45, 7) is 5.19. The maximum Gasteiger partial charge on any atom is 0.233 e. The monoisotopic (exact) mass is 343 g/mol. The summed E-state index contributed by atoms with van der Waals surface area (Å²) >= 11 is 0. The first-order valence-electron chi connectivity index (χ1n) is 8.29. The van der Waals surface area contributed by atoms with Crippen LogP contribution in [0.25, 0.3) is 0 Å². The molecule has 1 aromatic heterocycles. The van der Waals surface area contributed by atoms with Gasteiger partial charge in [0, 0.05) is 18.3 Å². The number of ether oxygens (including phenoxy) is 1. The quantitative estimate of drug-likeness (QED) is 0.346. The van der Waals surface area contributed by atoms with Crippen LogP contribution in [0.4, 0.5) is 5.82 Å². The minimum Gasteiger partial charge on any atom is -0.474 e. The van der Waals surface area contributed by atoms with Gasteiger partial charge in [-0.15, -0.1) is 10.2 Å². The van der Waals surface area contributed by atoms with Crippen molar-refractivity contribution in [3.8, 4) is 5.88 Å². The minimum absolute atomic E-state index is 0.159. The number of aromatic nitrogens is 2. The molecule has 2 aromatic rings. The molecule has 0 aliphatic carbocycles. The molecule has 0 bridgehead atoms. The third-order valence-corrected chi connectivity index (χ3v) is 3.27. The van der Waals surface area contributed by atoms with Gasteiger partial charge in [-0.25, -0.2) is 0 Å². The summed E-state index contributed by atoms with van der Waals surface area (Å²) in [7, 11) is 0. The van der Waals surface area contributed by atoms with Crippen LogP contribution >= 0.6 is 0 Å². The molecule has 1 atom stereocenters. The second-order valence-electron chi connectivity index (χ2n) is 5.83. The molecule has 0 fully saturated rings. The molecule has 0 saturated carbocycles. The normalized spacial score (nSPS) is 11.6. The van der Waals surface area contributed by atoms with E-state index in [1.807, 2.05) is 32.0 Å². The lowest BCUT2D eigenvalue weighted by Gasteiger charge is -2.12. The molecule has 0 aliphatic heterocycles. The Morgan fingerprint density at radius 2 is 1.96 bits per heavy atom. The highest BCUT2D eigenvalue weighted by Crippen LogP contribution is 2.08. The number of aliphatic hydroxyl groups is 1. The summed E-state index contributed by atoms with van der Waals surface area (Å²) in [6, 6.07) is 13.6. The Morgan fingerprint density at radius 3 is 2.64 bits per heavy atom. The molecular formula is C18H25N5O2. The van der Waals surface area contributed by atoms with Gasteiger partial charge in [0.15, 0.2) is 5.82 Å². The van der Waals surface area contributed by atoms with Crippen molar-refractivity contribution in [2.75, 3.05) is 25.1 Å². The van der Waals surface area contributed by atoms with E-state index in [1.165, 1.54) is 5.56 Å². The Balaban J connectivity index is 1.62. The molecule has 7 heteroatoms. The second kappa shape index (κ2) is 10.4. The van der Waals surface area contributed by atoms with E-state index < -0.39 is 6.10 Å². The molecule has 0 aliphatic rings. The smallest absolute Gasteiger partial charge is 0.233 e. The summed E-state index contributed by atoms with van der Waals surface area (Å²) in [5.74, 6) is 0.905. The summed E-state index contributed by atoms with van der Waals surface area (Å²) in [6.07, 6.45) is 0.316. The lowest BCUT2D eigenvalue weighted by molar-refractivity contribution is 0.103. The Morgan fingerprint density at radius 1 is 1.16 bits per heavy atom. The fourth-order valence-electron chi connectivity index (χ4n) is 2.01. The van der Waals surface area contributed by atoms with Crippen molar-refractivity contribution in [3.05, 3.63) is 48.0 Å². The van der Waals surface area contributed by atoms with Gasteiger partial charge in [0.1, 0.15) is 12.7 Å². The van der Waals surface area contributed by atoms with Crippen molar-refractivity contribution in [3.63, 3.8) is 0 Å². The number of nitrogens with zero attached hydrogens (tertiary/aromatic N) is 3. The first kappa shape index (κ1) is 18.8. The van der Waals surface area contributed by atoms with Crippen LogP contribution in [0.5, 0.6) is 5.88 Å². The van der Waals surface area contributed by atoms with Gasteiger partial charge >= 0.3 is 0 Å². The van der Waals surface area contributed by atoms with Crippen LogP contribution < -0.4 is 15.5 Å². The van der Waals surface area contributed by atoms with Crippen LogP contribution in [-0.2, 0) is 6.42 Å². The average molecular weight is 343 g/mol. The summed E-state index contributed by atoms with van der Waals surface area (Å²) in [4.78, 5) is 0. The maximum atomic E-state index is 9.94. The Bertz CT molecular complexity index is 642. The predicted molar refractivity (Wildman–Crippen MR) is 99.0 cm³/mol. The zero-order chi connectivity index (χ0) is 17.9.